The van der Waals surface area contributed by atoms with Crippen LogP contribution in [0.2, 0.25) is 0 Å². The molecule has 0 saturated heterocycles. The van der Waals surface area contributed by atoms with Crippen molar-refractivity contribution >= 4 is 17.9 Å². The van der Waals surface area contributed by atoms with E-state index in [-0.39, 0.29) is 5.70 Å². The monoisotopic (exact) mass is 413 g/mol. The maximum absolute atomic E-state index is 12.4. The quantitative estimate of drug-likeness (QED) is 0.389. The minimum Gasteiger partial charge on any atom is -0.493 e. The maximum atomic E-state index is 12.4. The molecule has 0 aliphatic carbocycles. The third-order valence-corrected chi connectivity index (χ3v) is 4.74. The van der Waals surface area contributed by atoms with Gasteiger partial charge in [0.15, 0.2) is 5.70 Å². The highest BCUT2D eigenvalue weighted by Gasteiger charge is 2.24. The first kappa shape index (κ1) is 20.4. The molecule has 0 saturated carbocycles. The zero-order chi connectivity index (χ0) is 21.6. The summed E-state index contributed by atoms with van der Waals surface area (Å²) in [5.41, 5.74) is 3.93. The summed E-state index contributed by atoms with van der Waals surface area (Å²) in [6.45, 7) is 4.86. The molecule has 31 heavy (non-hydrogen) atoms. The second-order valence-corrected chi connectivity index (χ2v) is 7.11. The first-order valence-corrected chi connectivity index (χ1v) is 10.2. The van der Waals surface area contributed by atoms with Crippen LogP contribution in [0.4, 0.5) is 0 Å². The van der Waals surface area contributed by atoms with E-state index in [0.717, 1.165) is 22.3 Å². The van der Waals surface area contributed by atoms with Crippen molar-refractivity contribution in [2.75, 3.05) is 6.61 Å². The van der Waals surface area contributed by atoms with E-state index in [0.29, 0.717) is 30.6 Å². The van der Waals surface area contributed by atoms with E-state index in [1.165, 1.54) is 0 Å². The zero-order valence-electron chi connectivity index (χ0n) is 17.5. The van der Waals surface area contributed by atoms with E-state index >= 15 is 0 Å². The largest absolute Gasteiger partial charge is 0.493 e. The van der Waals surface area contributed by atoms with Crippen molar-refractivity contribution in [1.29, 1.82) is 0 Å². The smallest absolute Gasteiger partial charge is 0.363 e. The Bertz CT molecular complexity index is 1130. The van der Waals surface area contributed by atoms with Crippen molar-refractivity contribution in [3.05, 3.63) is 101 Å². The lowest BCUT2D eigenvalue weighted by Gasteiger charge is -2.11. The Morgan fingerprint density at radius 2 is 1.74 bits per heavy atom. The molecule has 3 aromatic carbocycles. The number of cyclic esters (lactones) is 1. The van der Waals surface area contributed by atoms with Crippen molar-refractivity contribution in [2.45, 2.75) is 20.5 Å². The maximum Gasteiger partial charge on any atom is 0.363 e. The molecule has 0 radical (unpaired) electrons. The molecule has 0 fully saturated rings. The number of aliphatic imine (C=N–C) groups is 1. The van der Waals surface area contributed by atoms with Gasteiger partial charge in [0, 0.05) is 17.2 Å². The van der Waals surface area contributed by atoms with E-state index in [1.54, 1.807) is 6.08 Å². The summed E-state index contributed by atoms with van der Waals surface area (Å²) in [6.07, 6.45) is 1.68. The van der Waals surface area contributed by atoms with Crippen LogP contribution in [0.3, 0.4) is 0 Å². The van der Waals surface area contributed by atoms with Crippen LogP contribution < -0.4 is 9.47 Å². The predicted octanol–water partition coefficient (Wildman–Crippen LogP) is 5.32. The molecule has 5 heteroatoms. The van der Waals surface area contributed by atoms with Crippen LogP contribution in [0, 0.1) is 6.92 Å². The summed E-state index contributed by atoms with van der Waals surface area (Å²) in [7, 11) is 0. The number of benzene rings is 3. The fourth-order valence-corrected chi connectivity index (χ4v) is 3.12. The lowest BCUT2D eigenvalue weighted by Crippen LogP contribution is -2.05. The van der Waals surface area contributed by atoms with Crippen LogP contribution in [0.1, 0.15) is 29.2 Å². The first-order valence-electron chi connectivity index (χ1n) is 10.2. The minimum absolute atomic E-state index is 0.231. The van der Waals surface area contributed by atoms with Crippen molar-refractivity contribution in [3.8, 4) is 11.5 Å². The summed E-state index contributed by atoms with van der Waals surface area (Å²) >= 11 is 0. The highest BCUT2D eigenvalue weighted by molar-refractivity contribution is 6.13. The van der Waals surface area contributed by atoms with Crippen LogP contribution in [-0.2, 0) is 16.1 Å². The molecule has 1 aliphatic heterocycles. The number of aryl methyl sites for hydroxylation is 1. The van der Waals surface area contributed by atoms with Gasteiger partial charge in [-0.25, -0.2) is 9.79 Å². The molecular weight excluding hydrogens is 390 g/mol. The number of rotatable bonds is 7. The normalized spacial score (nSPS) is 14.3. The van der Waals surface area contributed by atoms with Gasteiger partial charge in [0.1, 0.15) is 18.1 Å². The Labute approximate surface area is 181 Å². The molecule has 3 aromatic rings. The average Bonchev–Trinajstić information content (AvgIpc) is 3.15. The van der Waals surface area contributed by atoms with Gasteiger partial charge in [-0.1, -0.05) is 48.0 Å². The molecule has 0 unspecified atom stereocenters. The van der Waals surface area contributed by atoms with Crippen LogP contribution in [-0.4, -0.2) is 18.5 Å². The molecule has 0 aromatic heterocycles. The van der Waals surface area contributed by atoms with Crippen LogP contribution >= 0.6 is 0 Å². The molecule has 156 valence electrons. The number of hydrogen-bond donors (Lipinski definition) is 0. The standard InChI is InChI=1S/C26H23NO4/c1-3-29-24-16-22(30-17-19-7-5-4-6-8-19)14-13-21(24)15-23-26(28)31-25(27-23)20-11-9-18(2)10-12-20/h4-16H,3,17H2,1-2H3/b23-15+. The van der Waals surface area contributed by atoms with E-state index in [9.17, 15) is 4.79 Å². The molecule has 5 nitrogen and oxygen atoms in total. The fraction of sp³-hybridized carbons (Fsp3) is 0.154. The second kappa shape index (κ2) is 9.30. The van der Waals surface area contributed by atoms with Crippen LogP contribution in [0.25, 0.3) is 6.08 Å². The SMILES string of the molecule is CCOc1cc(OCc2ccccc2)ccc1/C=C1/N=C(c2ccc(C)cc2)OC1=O. The number of carbonyl (C=O) groups excluding carboxylic acids is 1. The Balaban J connectivity index is 1.57. The average molecular weight is 413 g/mol. The van der Waals surface area contributed by atoms with Crippen LogP contribution in [0.15, 0.2) is 83.5 Å². The van der Waals surface area contributed by atoms with Gasteiger partial charge in [-0.15, -0.1) is 0 Å². The molecule has 1 heterocycles. The number of hydrogen-bond acceptors (Lipinski definition) is 5. The molecule has 4 rings (SSSR count). The Hall–Kier alpha value is -3.86. The molecule has 0 N–H and O–H groups in total. The summed E-state index contributed by atoms with van der Waals surface area (Å²) in [4.78, 5) is 16.7. The summed E-state index contributed by atoms with van der Waals surface area (Å²) in [5.74, 6) is 1.12. The molecule has 0 atom stereocenters. The lowest BCUT2D eigenvalue weighted by molar-refractivity contribution is -0.129. The molecule has 0 amide bonds. The predicted molar refractivity (Wildman–Crippen MR) is 120 cm³/mol. The summed E-state index contributed by atoms with van der Waals surface area (Å²) in [5, 5.41) is 0. The van der Waals surface area contributed by atoms with Crippen molar-refractivity contribution in [3.63, 3.8) is 0 Å². The topological polar surface area (TPSA) is 57.1 Å². The molecule has 0 bridgehead atoms. The number of esters is 1. The Kier molecular flexibility index (Phi) is 6.13. The van der Waals surface area contributed by atoms with Crippen molar-refractivity contribution in [2.24, 2.45) is 4.99 Å². The summed E-state index contributed by atoms with van der Waals surface area (Å²) in [6, 6.07) is 23.1. The molecule has 0 spiro atoms. The number of carbonyl (C=O) groups is 1. The van der Waals surface area contributed by atoms with E-state index < -0.39 is 5.97 Å². The Morgan fingerprint density at radius 3 is 2.48 bits per heavy atom. The highest BCUT2D eigenvalue weighted by atomic mass is 16.6. The third-order valence-electron chi connectivity index (χ3n) is 4.74. The summed E-state index contributed by atoms with van der Waals surface area (Å²) < 4.78 is 17.0. The van der Waals surface area contributed by atoms with Crippen molar-refractivity contribution in [1.82, 2.24) is 0 Å². The highest BCUT2D eigenvalue weighted by Crippen LogP contribution is 2.29. The second-order valence-electron chi connectivity index (χ2n) is 7.11. The van der Waals surface area contributed by atoms with E-state index in [1.807, 2.05) is 86.6 Å². The third kappa shape index (κ3) is 5.01. The molecule has 1 aliphatic rings. The minimum atomic E-state index is -0.484. The van der Waals surface area contributed by atoms with Gasteiger partial charge in [0.05, 0.1) is 6.61 Å². The van der Waals surface area contributed by atoms with Gasteiger partial charge >= 0.3 is 5.97 Å². The lowest BCUT2D eigenvalue weighted by atomic mass is 10.1. The van der Waals surface area contributed by atoms with Gasteiger partial charge in [-0.05, 0) is 49.8 Å². The number of nitrogens with zero attached hydrogens (tertiary/aromatic N) is 1. The van der Waals surface area contributed by atoms with Gasteiger partial charge in [-0.3, -0.25) is 0 Å². The number of ether oxygens (including phenoxy) is 3. The van der Waals surface area contributed by atoms with Gasteiger partial charge in [-0.2, -0.15) is 0 Å². The van der Waals surface area contributed by atoms with E-state index in [2.05, 4.69) is 4.99 Å². The van der Waals surface area contributed by atoms with E-state index in [4.69, 9.17) is 14.2 Å². The fourth-order valence-electron chi connectivity index (χ4n) is 3.12. The molecular formula is C26H23NO4. The Morgan fingerprint density at radius 1 is 0.968 bits per heavy atom. The van der Waals surface area contributed by atoms with Gasteiger partial charge < -0.3 is 14.2 Å². The van der Waals surface area contributed by atoms with Gasteiger partial charge in [0.2, 0.25) is 5.90 Å². The van der Waals surface area contributed by atoms with Gasteiger partial charge in [0.25, 0.3) is 0 Å². The zero-order valence-corrected chi connectivity index (χ0v) is 17.5. The first-order chi connectivity index (χ1) is 15.1. The van der Waals surface area contributed by atoms with Crippen molar-refractivity contribution < 1.29 is 19.0 Å². The van der Waals surface area contributed by atoms with Crippen LogP contribution in [0.5, 0.6) is 11.5 Å².